The minimum Gasteiger partial charge on any atom is -0.322 e. The molecule has 1 aromatic carbocycles. The highest BCUT2D eigenvalue weighted by Crippen LogP contribution is 2.36. The molecule has 8 heteroatoms. The molecule has 0 unspecified atom stereocenters. The molecule has 130 valence electrons. The van der Waals surface area contributed by atoms with Gasteiger partial charge in [-0.3, -0.25) is 15.0 Å². The van der Waals surface area contributed by atoms with E-state index in [1.54, 1.807) is 0 Å². The highest BCUT2D eigenvalue weighted by Gasteiger charge is 2.52. The van der Waals surface area contributed by atoms with Crippen molar-refractivity contribution in [3.8, 4) is 0 Å². The van der Waals surface area contributed by atoms with E-state index in [0.717, 1.165) is 34.4 Å². The van der Waals surface area contributed by atoms with Crippen molar-refractivity contribution in [1.82, 2.24) is 15.8 Å². The number of hydrogen-bond donors (Lipinski definition) is 2. The Kier molecular flexibility index (Phi) is 3.92. The largest absolute Gasteiger partial charge is 0.344 e. The van der Waals surface area contributed by atoms with Gasteiger partial charge in [0.25, 0.3) is 11.8 Å². The zero-order valence-corrected chi connectivity index (χ0v) is 14.9. The van der Waals surface area contributed by atoms with Crippen LogP contribution < -0.4 is 10.7 Å². The lowest BCUT2D eigenvalue weighted by Crippen LogP contribution is -2.50. The Labute approximate surface area is 153 Å². The van der Waals surface area contributed by atoms with Crippen LogP contribution in [0.5, 0.6) is 0 Å². The number of imide groups is 1. The van der Waals surface area contributed by atoms with Crippen molar-refractivity contribution in [2.75, 3.05) is 0 Å². The molecule has 4 rings (SSSR count). The number of fused-ring (bicyclic) bond motifs is 1. The number of thiophene rings is 1. The summed E-state index contributed by atoms with van der Waals surface area (Å²) in [5.74, 6) is -0.939. The van der Waals surface area contributed by atoms with E-state index in [9.17, 15) is 14.4 Å². The molecule has 0 bridgehead atoms. The van der Waals surface area contributed by atoms with Gasteiger partial charge in [-0.2, -0.15) is 5.01 Å². The molecule has 1 spiro atoms. The van der Waals surface area contributed by atoms with Gasteiger partial charge in [0, 0.05) is 10.1 Å². The van der Waals surface area contributed by atoms with Gasteiger partial charge in [-0.25, -0.2) is 4.79 Å². The Hall–Kier alpha value is -2.12. The van der Waals surface area contributed by atoms with Crippen molar-refractivity contribution in [2.24, 2.45) is 0 Å². The SMILES string of the molecule is O=C(NN1C(=O)NC2(CCCCC2)C1=O)c1sc2ccccc2c1Cl. The van der Waals surface area contributed by atoms with E-state index < -0.39 is 17.5 Å². The van der Waals surface area contributed by atoms with Crippen LogP contribution in [0.3, 0.4) is 0 Å². The maximum Gasteiger partial charge on any atom is 0.344 e. The van der Waals surface area contributed by atoms with Gasteiger partial charge in [0.15, 0.2) is 0 Å². The minimum absolute atomic E-state index is 0.285. The molecule has 4 amide bonds. The predicted octanol–water partition coefficient (Wildman–Crippen LogP) is 3.45. The third-order valence-electron chi connectivity index (χ3n) is 4.82. The molecule has 2 aliphatic rings. The molecule has 1 saturated heterocycles. The number of urea groups is 1. The second-order valence-electron chi connectivity index (χ2n) is 6.40. The Morgan fingerprint density at radius 3 is 2.64 bits per heavy atom. The number of benzene rings is 1. The Balaban J connectivity index is 1.59. The maximum absolute atomic E-state index is 12.7. The van der Waals surface area contributed by atoms with Gasteiger partial charge in [0.2, 0.25) is 0 Å². The summed E-state index contributed by atoms with van der Waals surface area (Å²) >= 11 is 7.53. The number of carbonyl (C=O) groups is 3. The number of nitrogens with one attached hydrogen (secondary N) is 2. The first-order chi connectivity index (χ1) is 12.0. The average molecular weight is 378 g/mol. The third kappa shape index (κ3) is 2.58. The van der Waals surface area contributed by atoms with Crippen LogP contribution in [0, 0.1) is 0 Å². The summed E-state index contributed by atoms with van der Waals surface area (Å²) in [6, 6.07) is 6.81. The number of halogens is 1. The number of carbonyl (C=O) groups excluding carboxylic acids is 3. The van der Waals surface area contributed by atoms with Crippen molar-refractivity contribution in [3.05, 3.63) is 34.2 Å². The highest BCUT2D eigenvalue weighted by molar-refractivity contribution is 7.21. The molecule has 2 heterocycles. The van der Waals surface area contributed by atoms with Gasteiger partial charge in [-0.1, -0.05) is 49.1 Å². The number of amides is 4. The molecule has 2 aromatic rings. The van der Waals surface area contributed by atoms with Crippen molar-refractivity contribution in [1.29, 1.82) is 0 Å². The third-order valence-corrected chi connectivity index (χ3v) is 6.50. The second-order valence-corrected chi connectivity index (χ2v) is 7.83. The van der Waals surface area contributed by atoms with Gasteiger partial charge in [-0.15, -0.1) is 11.3 Å². The lowest BCUT2D eigenvalue weighted by atomic mass is 9.82. The van der Waals surface area contributed by atoms with Crippen molar-refractivity contribution >= 4 is 50.9 Å². The van der Waals surface area contributed by atoms with Gasteiger partial charge >= 0.3 is 6.03 Å². The highest BCUT2D eigenvalue weighted by atomic mass is 35.5. The zero-order chi connectivity index (χ0) is 17.6. The number of rotatable bonds is 2. The van der Waals surface area contributed by atoms with Crippen LogP contribution in [0.25, 0.3) is 10.1 Å². The lowest BCUT2D eigenvalue weighted by Gasteiger charge is -2.30. The topological polar surface area (TPSA) is 78.5 Å². The standard InChI is InChI=1S/C17H16ClN3O3S/c18-12-10-6-2-3-7-11(10)25-13(12)14(22)20-21-15(23)17(19-16(21)24)8-4-1-5-9-17/h2-3,6-7H,1,4-5,8-9H2,(H,19,24)(H,20,22). The van der Waals surface area contributed by atoms with Crippen LogP contribution in [0.15, 0.2) is 24.3 Å². The first-order valence-electron chi connectivity index (χ1n) is 8.16. The van der Waals surface area contributed by atoms with E-state index in [2.05, 4.69) is 10.7 Å². The fourth-order valence-electron chi connectivity index (χ4n) is 3.53. The molecule has 6 nitrogen and oxygen atoms in total. The monoisotopic (exact) mass is 377 g/mol. The predicted molar refractivity (Wildman–Crippen MR) is 95.5 cm³/mol. The number of nitrogens with zero attached hydrogens (tertiary/aromatic N) is 1. The fourth-order valence-corrected chi connectivity index (χ4v) is 4.94. The van der Waals surface area contributed by atoms with E-state index in [4.69, 9.17) is 11.6 Å². The van der Waals surface area contributed by atoms with Crippen LogP contribution in [-0.4, -0.2) is 28.4 Å². The van der Waals surface area contributed by atoms with Crippen LogP contribution in [0.4, 0.5) is 4.79 Å². The molecule has 25 heavy (non-hydrogen) atoms. The van der Waals surface area contributed by atoms with Crippen LogP contribution in [0.1, 0.15) is 41.8 Å². The van der Waals surface area contributed by atoms with E-state index in [1.807, 2.05) is 24.3 Å². The Morgan fingerprint density at radius 2 is 1.92 bits per heavy atom. The summed E-state index contributed by atoms with van der Waals surface area (Å²) in [5.41, 5.74) is 1.56. The molecule has 0 atom stereocenters. The molecular weight excluding hydrogens is 362 g/mol. The van der Waals surface area contributed by atoms with E-state index in [-0.39, 0.29) is 10.8 Å². The Bertz CT molecular complexity index is 888. The molecule has 1 aliphatic heterocycles. The number of hydrogen-bond acceptors (Lipinski definition) is 4. The lowest BCUT2D eigenvalue weighted by molar-refractivity contribution is -0.134. The minimum atomic E-state index is -0.868. The average Bonchev–Trinajstić information content (AvgIpc) is 3.06. The summed E-state index contributed by atoms with van der Waals surface area (Å²) in [7, 11) is 0. The van der Waals surface area contributed by atoms with Crippen molar-refractivity contribution in [2.45, 2.75) is 37.6 Å². The number of hydrazine groups is 1. The molecule has 2 N–H and O–H groups in total. The van der Waals surface area contributed by atoms with Crippen LogP contribution >= 0.6 is 22.9 Å². The molecular formula is C17H16ClN3O3S. The summed E-state index contributed by atoms with van der Waals surface area (Å²) in [6.45, 7) is 0. The van der Waals surface area contributed by atoms with Crippen LogP contribution in [-0.2, 0) is 4.79 Å². The summed E-state index contributed by atoms with van der Waals surface area (Å²) in [6.07, 6.45) is 4.03. The molecule has 0 radical (unpaired) electrons. The summed E-state index contributed by atoms with van der Waals surface area (Å²) < 4.78 is 0.874. The van der Waals surface area contributed by atoms with Gasteiger partial charge in [-0.05, 0) is 18.9 Å². The van der Waals surface area contributed by atoms with Crippen LogP contribution in [0.2, 0.25) is 5.02 Å². The molecule has 1 aliphatic carbocycles. The summed E-state index contributed by atoms with van der Waals surface area (Å²) in [5, 5.41) is 4.67. The fraction of sp³-hybridized carbons (Fsp3) is 0.353. The molecule has 1 aromatic heterocycles. The van der Waals surface area contributed by atoms with E-state index in [0.29, 0.717) is 17.9 Å². The Morgan fingerprint density at radius 1 is 1.20 bits per heavy atom. The van der Waals surface area contributed by atoms with Crippen molar-refractivity contribution in [3.63, 3.8) is 0 Å². The van der Waals surface area contributed by atoms with Gasteiger partial charge in [0.1, 0.15) is 10.4 Å². The maximum atomic E-state index is 12.7. The van der Waals surface area contributed by atoms with E-state index >= 15 is 0 Å². The van der Waals surface area contributed by atoms with Gasteiger partial charge < -0.3 is 5.32 Å². The molecule has 2 fully saturated rings. The first kappa shape index (κ1) is 16.4. The quantitative estimate of drug-likeness (QED) is 0.787. The zero-order valence-electron chi connectivity index (χ0n) is 13.3. The summed E-state index contributed by atoms with van der Waals surface area (Å²) in [4.78, 5) is 37.8. The van der Waals surface area contributed by atoms with E-state index in [1.165, 1.54) is 11.3 Å². The van der Waals surface area contributed by atoms with Crippen molar-refractivity contribution < 1.29 is 14.4 Å². The second kappa shape index (κ2) is 6.00. The smallest absolute Gasteiger partial charge is 0.322 e. The molecule has 1 saturated carbocycles. The van der Waals surface area contributed by atoms with Gasteiger partial charge in [0.05, 0.1) is 5.02 Å². The normalized spacial score (nSPS) is 19.5. The first-order valence-corrected chi connectivity index (χ1v) is 9.36.